The normalized spacial score (nSPS) is 17.5. The summed E-state index contributed by atoms with van der Waals surface area (Å²) >= 11 is 0. The average molecular weight is 344 g/mol. The first-order valence-corrected chi connectivity index (χ1v) is 8.15. The van der Waals surface area contributed by atoms with Crippen LogP contribution in [0.1, 0.15) is 56.5 Å². The Kier molecular flexibility index (Phi) is 4.55. The summed E-state index contributed by atoms with van der Waals surface area (Å²) in [5, 5.41) is 2.55. The Morgan fingerprint density at radius 2 is 2.00 bits per heavy atom. The second-order valence-electron chi connectivity index (χ2n) is 6.74. The Hall–Kier alpha value is -1.63. The summed E-state index contributed by atoms with van der Waals surface area (Å²) < 4.78 is 59.8. The lowest BCUT2D eigenvalue weighted by Gasteiger charge is -2.29. The van der Waals surface area contributed by atoms with E-state index in [-0.39, 0.29) is 35.0 Å². The van der Waals surface area contributed by atoms with Gasteiger partial charge in [0.05, 0.1) is 0 Å². The zero-order chi connectivity index (χ0) is 17.5. The summed E-state index contributed by atoms with van der Waals surface area (Å²) in [6.45, 7) is 3.92. The zero-order valence-electron chi connectivity index (χ0n) is 13.6. The molecule has 7 heteroatoms. The van der Waals surface area contributed by atoms with E-state index in [1.165, 1.54) is 6.07 Å². The largest absolute Gasteiger partial charge is 0.437 e. The van der Waals surface area contributed by atoms with Crippen LogP contribution in [0.15, 0.2) is 16.5 Å². The Bertz CT molecular complexity index is 719. The molecule has 1 aliphatic rings. The molecule has 1 aromatic heterocycles. The molecule has 1 N–H and O–H groups in total. The van der Waals surface area contributed by atoms with Crippen LogP contribution in [0.2, 0.25) is 0 Å². The molecule has 1 aliphatic carbocycles. The summed E-state index contributed by atoms with van der Waals surface area (Å²) in [5.74, 6) is -0.313. The number of hydrogen-bond donors (Lipinski definition) is 1. The summed E-state index contributed by atoms with van der Waals surface area (Å²) in [7, 11) is 0. The van der Waals surface area contributed by atoms with Crippen molar-refractivity contribution in [1.82, 2.24) is 10.3 Å². The number of rotatable bonds is 5. The molecule has 1 fully saturated rings. The van der Waals surface area contributed by atoms with E-state index in [4.69, 9.17) is 4.42 Å². The second-order valence-corrected chi connectivity index (χ2v) is 6.74. The van der Waals surface area contributed by atoms with Crippen LogP contribution in [0, 0.1) is 11.7 Å². The molecule has 2 aromatic rings. The standard InChI is InChI=1S/C17H20F4N2O/c1-9(2)16-23-13-7-11(6-12(18)14(13)24-16)15(17(19,20)21)22-8-10-4-3-5-10/h6-7,9-10,15,22H,3-5,8H2,1-2H3/t15-/m1/s1. The molecular formula is C17H20F4N2O. The predicted molar refractivity (Wildman–Crippen MR) is 82.2 cm³/mol. The average Bonchev–Trinajstić information content (AvgIpc) is 2.84. The molecule has 132 valence electrons. The summed E-state index contributed by atoms with van der Waals surface area (Å²) in [6.07, 6.45) is -1.58. The number of fused-ring (bicyclic) bond motifs is 1. The lowest BCUT2D eigenvalue weighted by molar-refractivity contribution is -0.158. The minimum atomic E-state index is -4.51. The van der Waals surface area contributed by atoms with Crippen molar-refractivity contribution in [1.29, 1.82) is 0 Å². The molecule has 0 unspecified atom stereocenters. The maximum absolute atomic E-state index is 14.2. The van der Waals surface area contributed by atoms with Gasteiger partial charge in [-0.15, -0.1) is 0 Å². The van der Waals surface area contributed by atoms with Gasteiger partial charge in [-0.1, -0.05) is 20.3 Å². The van der Waals surface area contributed by atoms with Crippen LogP contribution < -0.4 is 5.32 Å². The monoisotopic (exact) mass is 344 g/mol. The van der Waals surface area contributed by atoms with E-state index in [0.717, 1.165) is 25.3 Å². The Labute approximate surface area is 137 Å². The van der Waals surface area contributed by atoms with E-state index >= 15 is 0 Å². The fourth-order valence-electron chi connectivity index (χ4n) is 2.85. The number of nitrogens with zero attached hydrogens (tertiary/aromatic N) is 1. The van der Waals surface area contributed by atoms with Crippen molar-refractivity contribution in [3.63, 3.8) is 0 Å². The first-order valence-electron chi connectivity index (χ1n) is 8.15. The van der Waals surface area contributed by atoms with Gasteiger partial charge in [-0.05, 0) is 43.0 Å². The highest BCUT2D eigenvalue weighted by Crippen LogP contribution is 2.36. The molecule has 1 saturated carbocycles. The third-order valence-corrected chi connectivity index (χ3v) is 4.47. The highest BCUT2D eigenvalue weighted by atomic mass is 19.4. The van der Waals surface area contributed by atoms with Gasteiger partial charge in [0.1, 0.15) is 11.6 Å². The molecule has 1 aromatic carbocycles. The van der Waals surface area contributed by atoms with Crippen molar-refractivity contribution in [2.75, 3.05) is 6.54 Å². The third-order valence-electron chi connectivity index (χ3n) is 4.47. The lowest BCUT2D eigenvalue weighted by atomic mass is 9.85. The number of oxazole rings is 1. The molecule has 3 nitrogen and oxygen atoms in total. The number of alkyl halides is 3. The van der Waals surface area contributed by atoms with E-state index in [1.807, 2.05) is 13.8 Å². The van der Waals surface area contributed by atoms with Gasteiger partial charge in [0.2, 0.25) is 0 Å². The van der Waals surface area contributed by atoms with Gasteiger partial charge in [-0.3, -0.25) is 0 Å². The van der Waals surface area contributed by atoms with Gasteiger partial charge >= 0.3 is 6.18 Å². The SMILES string of the molecule is CC(C)c1nc2cc([C@@H](NCC3CCC3)C(F)(F)F)cc(F)c2o1. The molecule has 24 heavy (non-hydrogen) atoms. The van der Waals surface area contributed by atoms with E-state index in [0.29, 0.717) is 5.89 Å². The first-order chi connectivity index (χ1) is 11.3. The van der Waals surface area contributed by atoms with Crippen molar-refractivity contribution in [3.05, 3.63) is 29.4 Å². The van der Waals surface area contributed by atoms with Crippen LogP contribution in [0.5, 0.6) is 0 Å². The summed E-state index contributed by atoms with van der Waals surface area (Å²) in [5.41, 5.74) is -0.147. The molecule has 0 amide bonds. The van der Waals surface area contributed by atoms with Crippen LogP contribution >= 0.6 is 0 Å². The van der Waals surface area contributed by atoms with Gasteiger partial charge in [0.15, 0.2) is 17.3 Å². The number of aromatic nitrogens is 1. The molecule has 0 bridgehead atoms. The quantitative estimate of drug-likeness (QED) is 0.769. The topological polar surface area (TPSA) is 38.1 Å². The number of hydrogen-bond acceptors (Lipinski definition) is 3. The van der Waals surface area contributed by atoms with E-state index in [2.05, 4.69) is 10.3 Å². The van der Waals surface area contributed by atoms with Crippen molar-refractivity contribution in [3.8, 4) is 0 Å². The maximum atomic E-state index is 14.2. The van der Waals surface area contributed by atoms with Crippen LogP contribution in [0.4, 0.5) is 17.6 Å². The molecule has 3 rings (SSSR count). The summed E-state index contributed by atoms with van der Waals surface area (Å²) in [4.78, 5) is 4.12. The van der Waals surface area contributed by atoms with Gasteiger partial charge in [-0.25, -0.2) is 9.37 Å². The minimum Gasteiger partial charge on any atom is -0.437 e. The van der Waals surface area contributed by atoms with Crippen molar-refractivity contribution < 1.29 is 22.0 Å². The van der Waals surface area contributed by atoms with Gasteiger partial charge in [0, 0.05) is 5.92 Å². The smallest absolute Gasteiger partial charge is 0.407 e. The molecule has 0 spiro atoms. The maximum Gasteiger partial charge on any atom is 0.407 e. The van der Waals surface area contributed by atoms with Crippen LogP contribution in [0.3, 0.4) is 0 Å². The molecule has 1 atom stereocenters. The highest BCUT2D eigenvalue weighted by Gasteiger charge is 2.41. The third kappa shape index (κ3) is 3.41. The van der Waals surface area contributed by atoms with E-state index in [9.17, 15) is 17.6 Å². The Morgan fingerprint density at radius 3 is 2.54 bits per heavy atom. The van der Waals surface area contributed by atoms with Crippen molar-refractivity contribution in [2.24, 2.45) is 5.92 Å². The molecule has 1 heterocycles. The molecule has 0 radical (unpaired) electrons. The number of nitrogens with one attached hydrogen (secondary N) is 1. The molecule has 0 aliphatic heterocycles. The van der Waals surface area contributed by atoms with Gasteiger partial charge < -0.3 is 9.73 Å². The van der Waals surface area contributed by atoms with Crippen molar-refractivity contribution in [2.45, 2.75) is 51.2 Å². The summed E-state index contributed by atoms with van der Waals surface area (Å²) in [6, 6.07) is 0.250. The second kappa shape index (κ2) is 6.35. The fraction of sp³-hybridized carbons (Fsp3) is 0.588. The van der Waals surface area contributed by atoms with Crippen molar-refractivity contribution >= 4 is 11.1 Å². The van der Waals surface area contributed by atoms with E-state index in [1.54, 1.807) is 0 Å². The van der Waals surface area contributed by atoms with Crippen LogP contribution in [-0.2, 0) is 0 Å². The predicted octanol–water partition coefficient (Wildman–Crippen LogP) is 5.08. The zero-order valence-corrected chi connectivity index (χ0v) is 13.6. The van der Waals surface area contributed by atoms with E-state index < -0.39 is 18.0 Å². The number of halogens is 4. The van der Waals surface area contributed by atoms with Gasteiger partial charge in [0.25, 0.3) is 0 Å². The first kappa shape index (κ1) is 17.2. The number of benzene rings is 1. The molecular weight excluding hydrogens is 324 g/mol. The van der Waals surface area contributed by atoms with Crippen LogP contribution in [0.25, 0.3) is 11.1 Å². The Balaban J connectivity index is 1.93. The highest BCUT2D eigenvalue weighted by molar-refractivity contribution is 5.74. The van der Waals surface area contributed by atoms with Gasteiger partial charge in [-0.2, -0.15) is 13.2 Å². The fourth-order valence-corrected chi connectivity index (χ4v) is 2.85. The molecule has 0 saturated heterocycles. The lowest BCUT2D eigenvalue weighted by Crippen LogP contribution is -2.38. The minimum absolute atomic E-state index is 0.0737. The van der Waals surface area contributed by atoms with Crippen LogP contribution in [-0.4, -0.2) is 17.7 Å². The Morgan fingerprint density at radius 1 is 1.29 bits per heavy atom.